The highest BCUT2D eigenvalue weighted by Gasteiger charge is 2.24. The molecule has 1 aromatic rings. The number of hydrogen-bond donors (Lipinski definition) is 1. The zero-order valence-corrected chi connectivity index (χ0v) is 9.16. The van der Waals surface area contributed by atoms with Crippen LogP contribution in [0, 0.1) is 0 Å². The van der Waals surface area contributed by atoms with Crippen molar-refractivity contribution in [3.63, 3.8) is 0 Å². The average Bonchev–Trinajstić information content (AvgIpc) is 2.52. The van der Waals surface area contributed by atoms with Crippen molar-refractivity contribution >= 4 is 0 Å². The van der Waals surface area contributed by atoms with Crippen molar-refractivity contribution in [2.75, 3.05) is 13.7 Å². The maximum atomic E-state index is 6.19. The Balaban J connectivity index is 2.69. The number of rotatable bonds is 5. The quantitative estimate of drug-likeness (QED) is 0.756. The highest BCUT2D eigenvalue weighted by atomic mass is 16.5. The minimum Gasteiger partial charge on any atom is -0.383 e. The molecule has 1 atom stereocenters. The minimum atomic E-state index is -0.298. The molecule has 4 nitrogen and oxygen atoms in total. The number of imidazole rings is 1. The van der Waals surface area contributed by atoms with Crippen molar-refractivity contribution in [3.05, 3.63) is 18.2 Å². The first-order chi connectivity index (χ1) is 6.61. The summed E-state index contributed by atoms with van der Waals surface area (Å²) < 4.78 is 7.12. The summed E-state index contributed by atoms with van der Waals surface area (Å²) in [4.78, 5) is 4.26. The summed E-state index contributed by atoms with van der Waals surface area (Å²) in [5.74, 6) is 1.01. The number of hydrogen-bond acceptors (Lipinski definition) is 3. The van der Waals surface area contributed by atoms with Crippen molar-refractivity contribution in [1.29, 1.82) is 0 Å². The summed E-state index contributed by atoms with van der Waals surface area (Å²) in [6.07, 6.45) is 5.35. The molecule has 4 heteroatoms. The van der Waals surface area contributed by atoms with Crippen molar-refractivity contribution < 1.29 is 4.74 Å². The van der Waals surface area contributed by atoms with Crippen LogP contribution in [0.4, 0.5) is 0 Å². The first kappa shape index (κ1) is 11.2. The van der Waals surface area contributed by atoms with Crippen molar-refractivity contribution in [2.45, 2.75) is 25.3 Å². The Morgan fingerprint density at radius 3 is 2.79 bits per heavy atom. The lowest BCUT2D eigenvalue weighted by Crippen LogP contribution is -2.46. The fraction of sp³-hybridized carbons (Fsp3) is 0.700. The highest BCUT2D eigenvalue weighted by molar-refractivity contribution is 4.99. The molecular formula is C10H19N3O. The SMILES string of the molecule is CCC(N)(COC)Cc1nccn1C. The number of methoxy groups -OCH3 is 1. The van der Waals surface area contributed by atoms with Gasteiger partial charge in [0.2, 0.25) is 0 Å². The van der Waals surface area contributed by atoms with Crippen LogP contribution in [0.15, 0.2) is 12.4 Å². The third-order valence-corrected chi connectivity index (χ3v) is 2.57. The highest BCUT2D eigenvalue weighted by Crippen LogP contribution is 2.13. The Hall–Kier alpha value is -0.870. The molecule has 0 aromatic carbocycles. The van der Waals surface area contributed by atoms with Gasteiger partial charge in [0.25, 0.3) is 0 Å². The van der Waals surface area contributed by atoms with Gasteiger partial charge in [0.1, 0.15) is 5.82 Å². The molecule has 0 fully saturated rings. The summed E-state index contributed by atoms with van der Waals surface area (Å²) in [5, 5.41) is 0. The number of aromatic nitrogens is 2. The van der Waals surface area contributed by atoms with Crippen LogP contribution in [0.5, 0.6) is 0 Å². The van der Waals surface area contributed by atoms with E-state index in [1.807, 2.05) is 17.8 Å². The molecule has 0 aliphatic heterocycles. The van der Waals surface area contributed by atoms with Crippen LogP contribution in [-0.4, -0.2) is 28.8 Å². The molecule has 0 spiro atoms. The van der Waals surface area contributed by atoms with Gasteiger partial charge in [-0.1, -0.05) is 6.92 Å². The topological polar surface area (TPSA) is 53.1 Å². The normalized spacial score (nSPS) is 15.4. The van der Waals surface area contributed by atoms with Gasteiger partial charge in [0, 0.05) is 38.5 Å². The first-order valence-corrected chi connectivity index (χ1v) is 4.85. The third-order valence-electron chi connectivity index (χ3n) is 2.57. The van der Waals surface area contributed by atoms with E-state index >= 15 is 0 Å². The lowest BCUT2D eigenvalue weighted by atomic mass is 9.94. The van der Waals surface area contributed by atoms with E-state index in [0.717, 1.165) is 18.7 Å². The molecular weight excluding hydrogens is 178 g/mol. The molecule has 80 valence electrons. The van der Waals surface area contributed by atoms with Crippen molar-refractivity contribution in [1.82, 2.24) is 9.55 Å². The van der Waals surface area contributed by atoms with Gasteiger partial charge in [-0.05, 0) is 6.42 Å². The summed E-state index contributed by atoms with van der Waals surface area (Å²) in [6.45, 7) is 2.64. The van der Waals surface area contributed by atoms with Gasteiger partial charge >= 0.3 is 0 Å². The Kier molecular flexibility index (Phi) is 3.66. The van der Waals surface area contributed by atoms with Gasteiger partial charge in [-0.15, -0.1) is 0 Å². The predicted octanol–water partition coefficient (Wildman–Crippen LogP) is 0.716. The fourth-order valence-electron chi connectivity index (χ4n) is 1.45. The van der Waals surface area contributed by atoms with E-state index in [1.165, 1.54) is 0 Å². The van der Waals surface area contributed by atoms with Crippen LogP contribution in [0.3, 0.4) is 0 Å². The molecule has 0 aliphatic rings. The van der Waals surface area contributed by atoms with Crippen LogP contribution in [0.2, 0.25) is 0 Å². The first-order valence-electron chi connectivity index (χ1n) is 4.85. The molecule has 1 rings (SSSR count). The number of aryl methyl sites for hydroxylation is 1. The van der Waals surface area contributed by atoms with Crippen molar-refractivity contribution in [3.8, 4) is 0 Å². The number of nitrogens with zero attached hydrogens (tertiary/aromatic N) is 2. The van der Waals surface area contributed by atoms with Crippen LogP contribution in [-0.2, 0) is 18.2 Å². The van der Waals surface area contributed by atoms with E-state index in [2.05, 4.69) is 11.9 Å². The van der Waals surface area contributed by atoms with Crippen LogP contribution < -0.4 is 5.73 Å². The molecule has 2 N–H and O–H groups in total. The van der Waals surface area contributed by atoms with Crippen LogP contribution >= 0.6 is 0 Å². The van der Waals surface area contributed by atoms with Gasteiger partial charge in [0.05, 0.1) is 6.61 Å². The molecule has 0 saturated heterocycles. The second kappa shape index (κ2) is 4.57. The standard InChI is InChI=1S/C10H19N3O/c1-4-10(11,8-14-3)7-9-12-5-6-13(9)2/h5-6H,4,7-8,11H2,1-3H3. The second-order valence-corrected chi connectivity index (χ2v) is 3.78. The monoisotopic (exact) mass is 197 g/mol. The summed E-state index contributed by atoms with van der Waals surface area (Å²) in [5.41, 5.74) is 5.89. The Morgan fingerprint density at radius 1 is 1.64 bits per heavy atom. The Bertz CT molecular complexity index is 285. The zero-order chi connectivity index (χ0) is 10.6. The third kappa shape index (κ3) is 2.56. The largest absolute Gasteiger partial charge is 0.383 e. The molecule has 0 amide bonds. The van der Waals surface area contributed by atoms with E-state index in [-0.39, 0.29) is 5.54 Å². The van der Waals surface area contributed by atoms with Gasteiger partial charge in [-0.2, -0.15) is 0 Å². The van der Waals surface area contributed by atoms with E-state index < -0.39 is 0 Å². The molecule has 0 bridgehead atoms. The molecule has 0 saturated carbocycles. The summed E-state index contributed by atoms with van der Waals surface area (Å²) >= 11 is 0. The van der Waals surface area contributed by atoms with E-state index in [1.54, 1.807) is 13.3 Å². The Morgan fingerprint density at radius 2 is 2.36 bits per heavy atom. The maximum absolute atomic E-state index is 6.19. The van der Waals surface area contributed by atoms with Crippen LogP contribution in [0.25, 0.3) is 0 Å². The maximum Gasteiger partial charge on any atom is 0.110 e. The van der Waals surface area contributed by atoms with Gasteiger partial charge in [-0.3, -0.25) is 0 Å². The molecule has 1 aromatic heterocycles. The molecule has 0 radical (unpaired) electrons. The second-order valence-electron chi connectivity index (χ2n) is 3.78. The van der Waals surface area contributed by atoms with Gasteiger partial charge in [0.15, 0.2) is 0 Å². The summed E-state index contributed by atoms with van der Waals surface area (Å²) in [6, 6.07) is 0. The number of ether oxygens (including phenoxy) is 1. The molecule has 14 heavy (non-hydrogen) atoms. The van der Waals surface area contributed by atoms with Gasteiger partial charge < -0.3 is 15.0 Å². The lowest BCUT2D eigenvalue weighted by Gasteiger charge is -2.26. The molecule has 0 aliphatic carbocycles. The fourth-order valence-corrected chi connectivity index (χ4v) is 1.45. The van der Waals surface area contributed by atoms with Crippen LogP contribution in [0.1, 0.15) is 19.2 Å². The predicted molar refractivity (Wildman–Crippen MR) is 56.0 cm³/mol. The molecule has 1 heterocycles. The van der Waals surface area contributed by atoms with Crippen molar-refractivity contribution in [2.24, 2.45) is 12.8 Å². The summed E-state index contributed by atoms with van der Waals surface area (Å²) in [7, 11) is 3.65. The molecule has 1 unspecified atom stereocenters. The minimum absolute atomic E-state index is 0.298. The number of nitrogens with two attached hydrogens (primary N) is 1. The smallest absolute Gasteiger partial charge is 0.110 e. The van der Waals surface area contributed by atoms with E-state index in [9.17, 15) is 0 Å². The zero-order valence-electron chi connectivity index (χ0n) is 9.16. The van der Waals surface area contributed by atoms with E-state index in [4.69, 9.17) is 10.5 Å². The van der Waals surface area contributed by atoms with Gasteiger partial charge in [-0.25, -0.2) is 4.98 Å². The Labute approximate surface area is 85.1 Å². The lowest BCUT2D eigenvalue weighted by molar-refractivity contribution is 0.127. The average molecular weight is 197 g/mol. The van der Waals surface area contributed by atoms with E-state index in [0.29, 0.717) is 6.61 Å².